The van der Waals surface area contributed by atoms with Crippen LogP contribution in [0.15, 0.2) is 59.5 Å². The van der Waals surface area contributed by atoms with E-state index >= 15 is 0 Å². The number of aromatic nitrogens is 2. The number of hydrogen-bond donors (Lipinski definition) is 2. The summed E-state index contributed by atoms with van der Waals surface area (Å²) in [5.74, 6) is -0.500. The normalized spacial score (nSPS) is 11.9. The molecule has 0 saturated heterocycles. The Morgan fingerprint density at radius 3 is 2.20 bits per heavy atom. The summed E-state index contributed by atoms with van der Waals surface area (Å²) in [4.78, 5) is 23.9. The van der Waals surface area contributed by atoms with Gasteiger partial charge in [0.05, 0.1) is 16.3 Å². The molecular formula is C23H23F3N4O4S. The highest BCUT2D eigenvalue weighted by molar-refractivity contribution is 7.89. The van der Waals surface area contributed by atoms with Gasteiger partial charge in [0.25, 0.3) is 0 Å². The van der Waals surface area contributed by atoms with Crippen LogP contribution in [0.3, 0.4) is 0 Å². The summed E-state index contributed by atoms with van der Waals surface area (Å²) in [5, 5.41) is 11.4. The minimum absolute atomic E-state index is 0.00144. The molecule has 3 aromatic rings. The Hall–Kier alpha value is -3.51. The minimum atomic E-state index is -4.71. The number of nitrogens with one attached hydrogen (secondary N) is 1. The number of carbonyl (C=O) groups excluding carboxylic acids is 2. The van der Waals surface area contributed by atoms with E-state index in [9.17, 15) is 31.2 Å². The highest BCUT2D eigenvalue weighted by Gasteiger charge is 2.35. The van der Waals surface area contributed by atoms with Gasteiger partial charge in [0.15, 0.2) is 11.5 Å². The van der Waals surface area contributed by atoms with E-state index in [1.807, 2.05) is 6.92 Å². The van der Waals surface area contributed by atoms with E-state index in [0.29, 0.717) is 17.7 Å². The Labute approximate surface area is 200 Å². The number of rotatable bonds is 9. The zero-order valence-electron chi connectivity index (χ0n) is 18.7. The molecule has 0 aliphatic carbocycles. The fraction of sp³-hybridized carbons (Fsp3) is 0.261. The number of sulfonamides is 1. The number of hydrogen-bond acceptors (Lipinski definition) is 5. The van der Waals surface area contributed by atoms with E-state index in [1.54, 1.807) is 0 Å². The summed E-state index contributed by atoms with van der Waals surface area (Å²) in [6.07, 6.45) is -3.89. The maximum Gasteiger partial charge on any atom is 0.435 e. The topological polar surface area (TPSA) is 124 Å². The lowest BCUT2D eigenvalue weighted by molar-refractivity contribution is -0.141. The number of Topliss-reactive ketones (excluding diaryl/α,β-unsaturated/α-hetero) is 1. The second-order valence-corrected chi connectivity index (χ2v) is 9.28. The van der Waals surface area contributed by atoms with Gasteiger partial charge in [-0.05, 0) is 36.8 Å². The molecule has 0 aliphatic rings. The van der Waals surface area contributed by atoms with Crippen molar-refractivity contribution in [3.8, 4) is 16.9 Å². The average Bonchev–Trinajstić information content (AvgIpc) is 3.27. The number of nitrogens with zero attached hydrogens (tertiary/aromatic N) is 2. The van der Waals surface area contributed by atoms with E-state index in [-0.39, 0.29) is 40.8 Å². The molecule has 0 bridgehead atoms. The molecule has 12 heteroatoms. The van der Waals surface area contributed by atoms with Crippen molar-refractivity contribution in [3.63, 3.8) is 0 Å². The number of halogens is 3. The quantitative estimate of drug-likeness (QED) is 0.427. The van der Waals surface area contributed by atoms with Crippen LogP contribution in [0.25, 0.3) is 16.9 Å². The van der Waals surface area contributed by atoms with Crippen LogP contribution in [0, 0.1) is 0 Å². The number of benzene rings is 2. The molecule has 3 N–H and O–H groups in total. The van der Waals surface area contributed by atoms with E-state index in [4.69, 9.17) is 5.14 Å². The first-order valence-corrected chi connectivity index (χ1v) is 12.2. The van der Waals surface area contributed by atoms with Gasteiger partial charge in [-0.15, -0.1) is 0 Å². The highest BCUT2D eigenvalue weighted by Crippen LogP contribution is 2.33. The summed E-state index contributed by atoms with van der Waals surface area (Å²) in [7, 11) is -3.98. The van der Waals surface area contributed by atoms with Crippen molar-refractivity contribution >= 4 is 21.7 Å². The molecule has 2 aromatic carbocycles. The Bertz CT molecular complexity index is 1320. The van der Waals surface area contributed by atoms with Crippen LogP contribution in [0.5, 0.6) is 0 Å². The van der Waals surface area contributed by atoms with E-state index in [1.165, 1.54) is 48.5 Å². The van der Waals surface area contributed by atoms with Gasteiger partial charge in [0.1, 0.15) is 0 Å². The minimum Gasteiger partial charge on any atom is -0.356 e. The molecule has 35 heavy (non-hydrogen) atoms. The fourth-order valence-corrected chi connectivity index (χ4v) is 3.77. The fourth-order valence-electron chi connectivity index (χ4n) is 3.25. The van der Waals surface area contributed by atoms with Crippen molar-refractivity contribution in [2.45, 2.75) is 37.3 Å². The van der Waals surface area contributed by atoms with Gasteiger partial charge in [-0.2, -0.15) is 18.3 Å². The third kappa shape index (κ3) is 6.55. The molecule has 1 heterocycles. The molecule has 8 nitrogen and oxygen atoms in total. The molecule has 0 unspecified atom stereocenters. The Kier molecular flexibility index (Phi) is 7.76. The molecule has 0 fully saturated rings. The first kappa shape index (κ1) is 26.1. The summed E-state index contributed by atoms with van der Waals surface area (Å²) >= 11 is 0. The molecule has 1 aromatic heterocycles. The molecule has 0 aliphatic heterocycles. The Morgan fingerprint density at radius 1 is 1.03 bits per heavy atom. The van der Waals surface area contributed by atoms with Crippen molar-refractivity contribution in [2.24, 2.45) is 5.14 Å². The van der Waals surface area contributed by atoms with Gasteiger partial charge < -0.3 is 5.32 Å². The van der Waals surface area contributed by atoms with Gasteiger partial charge in [-0.25, -0.2) is 18.2 Å². The smallest absolute Gasteiger partial charge is 0.356 e. The molecule has 0 radical (unpaired) electrons. The summed E-state index contributed by atoms with van der Waals surface area (Å²) in [6.45, 7) is 2.44. The van der Waals surface area contributed by atoms with Gasteiger partial charge in [0.2, 0.25) is 15.9 Å². The third-order valence-electron chi connectivity index (χ3n) is 5.06. The molecule has 186 valence electrons. The van der Waals surface area contributed by atoms with Crippen LogP contribution < -0.4 is 10.5 Å². The third-order valence-corrected chi connectivity index (χ3v) is 5.99. The maximum atomic E-state index is 13.4. The van der Waals surface area contributed by atoms with Crippen molar-refractivity contribution < 1.29 is 31.2 Å². The maximum absolute atomic E-state index is 13.4. The van der Waals surface area contributed by atoms with Crippen LogP contribution in [0.1, 0.15) is 42.2 Å². The van der Waals surface area contributed by atoms with E-state index < -0.39 is 21.9 Å². The first-order valence-electron chi connectivity index (χ1n) is 10.6. The van der Waals surface area contributed by atoms with Gasteiger partial charge in [-0.1, -0.05) is 31.2 Å². The van der Waals surface area contributed by atoms with Crippen LogP contribution in [-0.2, 0) is 21.0 Å². The summed E-state index contributed by atoms with van der Waals surface area (Å²) < 4.78 is 64.1. The second kappa shape index (κ2) is 10.4. The van der Waals surface area contributed by atoms with Crippen LogP contribution in [0.4, 0.5) is 13.2 Å². The molecule has 0 spiro atoms. The lowest BCUT2D eigenvalue weighted by atomic mass is 10.0. The second-order valence-electron chi connectivity index (χ2n) is 7.71. The van der Waals surface area contributed by atoms with Crippen molar-refractivity contribution in [2.75, 3.05) is 6.54 Å². The van der Waals surface area contributed by atoms with Gasteiger partial charge in [0, 0.05) is 30.5 Å². The molecular weight excluding hydrogens is 485 g/mol. The predicted molar refractivity (Wildman–Crippen MR) is 122 cm³/mol. The van der Waals surface area contributed by atoms with Crippen molar-refractivity contribution in [3.05, 3.63) is 65.9 Å². The highest BCUT2D eigenvalue weighted by atomic mass is 32.2. The summed E-state index contributed by atoms with van der Waals surface area (Å²) in [5.41, 5.74) is -0.210. The van der Waals surface area contributed by atoms with Crippen molar-refractivity contribution in [1.82, 2.24) is 15.1 Å². The van der Waals surface area contributed by atoms with Crippen molar-refractivity contribution in [1.29, 1.82) is 0 Å². The lowest BCUT2D eigenvalue weighted by Crippen LogP contribution is -2.24. The molecule has 0 atom stereocenters. The number of ketones is 1. The van der Waals surface area contributed by atoms with Gasteiger partial charge >= 0.3 is 6.18 Å². The standard InChI is InChI=1S/C23H23F3N4O4S/c1-2-13-28-22(32)12-11-20(31)16-5-3-15(4-6-16)19-14-21(23(24,25)26)29-30(19)17-7-9-18(10-8-17)35(27,33)34/h3-10,14H,2,11-13H2,1H3,(H,28,32)(H2,27,33,34). The average molecular weight is 509 g/mol. The Balaban J connectivity index is 1.89. The zero-order valence-corrected chi connectivity index (χ0v) is 19.5. The van der Waals surface area contributed by atoms with E-state index in [2.05, 4.69) is 10.4 Å². The Morgan fingerprint density at radius 2 is 1.66 bits per heavy atom. The van der Waals surface area contributed by atoms with Crippen LogP contribution in [0.2, 0.25) is 0 Å². The number of nitrogens with two attached hydrogens (primary N) is 1. The monoisotopic (exact) mass is 508 g/mol. The molecule has 0 saturated carbocycles. The zero-order chi connectivity index (χ0) is 25.8. The molecule has 1 amide bonds. The lowest BCUT2D eigenvalue weighted by Gasteiger charge is -2.09. The van der Waals surface area contributed by atoms with Gasteiger partial charge in [-0.3, -0.25) is 9.59 Å². The van der Waals surface area contributed by atoms with E-state index in [0.717, 1.165) is 17.2 Å². The number of primary sulfonamides is 1. The SMILES string of the molecule is CCCNC(=O)CCC(=O)c1ccc(-c2cc(C(F)(F)F)nn2-c2ccc(S(N)(=O)=O)cc2)cc1. The number of alkyl halides is 3. The summed E-state index contributed by atoms with van der Waals surface area (Å²) in [6, 6.07) is 11.7. The number of amides is 1. The largest absolute Gasteiger partial charge is 0.435 e. The van der Waals surface area contributed by atoms with Crippen LogP contribution in [-0.4, -0.2) is 36.4 Å². The number of carbonyl (C=O) groups is 2. The predicted octanol–water partition coefficient (Wildman–Crippen LogP) is 3.69. The molecule has 3 rings (SSSR count). The first-order chi connectivity index (χ1) is 16.4. The van der Waals surface area contributed by atoms with Crippen LogP contribution >= 0.6 is 0 Å².